The van der Waals surface area contributed by atoms with E-state index in [1.165, 1.54) is 0 Å². The number of nitrogens with zero attached hydrogens (tertiary/aromatic N) is 1. The summed E-state index contributed by atoms with van der Waals surface area (Å²) in [5, 5.41) is 3.07. The molecule has 146 valence electrons. The van der Waals surface area contributed by atoms with Gasteiger partial charge in [0, 0.05) is 31.2 Å². The lowest BCUT2D eigenvalue weighted by Crippen LogP contribution is -2.49. The summed E-state index contributed by atoms with van der Waals surface area (Å²) >= 11 is 0. The van der Waals surface area contributed by atoms with E-state index in [2.05, 4.69) is 19.2 Å². The predicted octanol–water partition coefficient (Wildman–Crippen LogP) is 2.76. The molecular weight excluding hydrogens is 350 g/mol. The Hall–Kier alpha value is -1.59. The number of hydrogen-bond acceptors (Lipinski definition) is 3. The summed E-state index contributed by atoms with van der Waals surface area (Å²) in [7, 11) is 0. The van der Waals surface area contributed by atoms with Crippen molar-refractivity contribution in [3.8, 4) is 0 Å². The zero-order valence-electron chi connectivity index (χ0n) is 16.0. The van der Waals surface area contributed by atoms with Crippen LogP contribution in [-0.4, -0.2) is 42.4 Å². The standard InChI is InChI=1S/C20H31N3O2.ClH/c1-14(2)11-18(12-21)22-19(24)17-5-4-10-23(13-17)20(25)16-8-6-15(3)7-9-16;/h6-9,14,17-18H,4-5,10-13,21H2,1-3H3,(H,22,24);1H. The Morgan fingerprint density at radius 2 is 1.92 bits per heavy atom. The number of rotatable bonds is 6. The largest absolute Gasteiger partial charge is 0.352 e. The van der Waals surface area contributed by atoms with Gasteiger partial charge in [0.25, 0.3) is 5.91 Å². The van der Waals surface area contributed by atoms with Crippen molar-refractivity contribution in [1.82, 2.24) is 10.2 Å². The topological polar surface area (TPSA) is 75.4 Å². The molecule has 0 radical (unpaired) electrons. The van der Waals surface area contributed by atoms with E-state index in [9.17, 15) is 9.59 Å². The first-order valence-corrected chi connectivity index (χ1v) is 9.27. The van der Waals surface area contributed by atoms with E-state index < -0.39 is 0 Å². The first kappa shape index (κ1) is 22.5. The minimum atomic E-state index is -0.149. The van der Waals surface area contributed by atoms with Crippen LogP contribution < -0.4 is 11.1 Å². The van der Waals surface area contributed by atoms with Crippen LogP contribution in [0.4, 0.5) is 0 Å². The van der Waals surface area contributed by atoms with Gasteiger partial charge in [-0.05, 0) is 44.2 Å². The molecule has 2 amide bonds. The van der Waals surface area contributed by atoms with Crippen LogP contribution in [0.25, 0.3) is 0 Å². The highest BCUT2D eigenvalue weighted by Gasteiger charge is 2.29. The molecule has 1 aliphatic rings. The molecule has 0 bridgehead atoms. The molecule has 1 saturated heterocycles. The Kier molecular flexibility index (Phi) is 9.09. The Labute approximate surface area is 163 Å². The lowest BCUT2D eigenvalue weighted by molar-refractivity contribution is -0.127. The van der Waals surface area contributed by atoms with E-state index >= 15 is 0 Å². The van der Waals surface area contributed by atoms with Gasteiger partial charge in [-0.25, -0.2) is 0 Å². The molecule has 2 atom stereocenters. The van der Waals surface area contributed by atoms with Crippen molar-refractivity contribution in [3.63, 3.8) is 0 Å². The van der Waals surface area contributed by atoms with Crippen molar-refractivity contribution in [2.75, 3.05) is 19.6 Å². The maximum absolute atomic E-state index is 12.7. The number of likely N-dealkylation sites (tertiary alicyclic amines) is 1. The van der Waals surface area contributed by atoms with Crippen LogP contribution in [0.1, 0.15) is 49.0 Å². The summed E-state index contributed by atoms with van der Waals surface area (Å²) in [6, 6.07) is 7.61. The minimum absolute atomic E-state index is 0. The first-order valence-electron chi connectivity index (χ1n) is 9.27. The lowest BCUT2D eigenvalue weighted by atomic mass is 9.95. The molecule has 5 nitrogen and oxygen atoms in total. The number of halogens is 1. The van der Waals surface area contributed by atoms with Crippen LogP contribution in [0.5, 0.6) is 0 Å². The molecule has 0 spiro atoms. The molecule has 26 heavy (non-hydrogen) atoms. The maximum atomic E-state index is 12.7. The third kappa shape index (κ3) is 6.29. The molecule has 3 N–H and O–H groups in total. The highest BCUT2D eigenvalue weighted by atomic mass is 35.5. The Morgan fingerprint density at radius 3 is 2.50 bits per heavy atom. The number of nitrogens with two attached hydrogens (primary N) is 1. The van der Waals surface area contributed by atoms with E-state index in [1.807, 2.05) is 31.2 Å². The molecule has 1 fully saturated rings. The van der Waals surface area contributed by atoms with Crippen molar-refractivity contribution in [1.29, 1.82) is 0 Å². The van der Waals surface area contributed by atoms with Gasteiger partial charge in [0.05, 0.1) is 5.92 Å². The van der Waals surface area contributed by atoms with E-state index in [0.29, 0.717) is 31.1 Å². The lowest BCUT2D eigenvalue weighted by Gasteiger charge is -2.33. The molecule has 1 aliphatic heterocycles. The number of amides is 2. The number of hydrogen-bond donors (Lipinski definition) is 2. The van der Waals surface area contributed by atoms with Crippen molar-refractivity contribution in [2.45, 2.75) is 46.1 Å². The highest BCUT2D eigenvalue weighted by Crippen LogP contribution is 2.19. The van der Waals surface area contributed by atoms with Gasteiger partial charge in [-0.3, -0.25) is 9.59 Å². The zero-order chi connectivity index (χ0) is 18.4. The summed E-state index contributed by atoms with van der Waals surface area (Å²) in [4.78, 5) is 27.1. The molecule has 2 rings (SSSR count). The number of benzene rings is 1. The molecule has 1 aromatic rings. The third-order valence-corrected chi connectivity index (χ3v) is 4.76. The molecule has 1 heterocycles. The second-order valence-electron chi connectivity index (χ2n) is 7.53. The van der Waals surface area contributed by atoms with Gasteiger partial charge in [0.2, 0.25) is 5.91 Å². The van der Waals surface area contributed by atoms with Crippen LogP contribution in [0.3, 0.4) is 0 Å². The Bertz CT molecular complexity index is 589. The van der Waals surface area contributed by atoms with Crippen LogP contribution in [-0.2, 0) is 4.79 Å². The minimum Gasteiger partial charge on any atom is -0.352 e. The van der Waals surface area contributed by atoms with Gasteiger partial charge < -0.3 is 16.0 Å². The summed E-state index contributed by atoms with van der Waals surface area (Å²) in [5.74, 6) is 0.372. The fraction of sp³-hybridized carbons (Fsp3) is 0.600. The van der Waals surface area contributed by atoms with Crippen molar-refractivity contribution in [3.05, 3.63) is 35.4 Å². The number of carbonyl (C=O) groups excluding carboxylic acids is 2. The first-order chi connectivity index (χ1) is 11.9. The number of piperidine rings is 1. The van der Waals surface area contributed by atoms with Crippen LogP contribution in [0, 0.1) is 18.8 Å². The summed E-state index contributed by atoms with van der Waals surface area (Å²) in [6.07, 6.45) is 2.55. The summed E-state index contributed by atoms with van der Waals surface area (Å²) < 4.78 is 0. The number of aryl methyl sites for hydroxylation is 1. The molecule has 1 aromatic carbocycles. The van der Waals surface area contributed by atoms with Crippen molar-refractivity contribution in [2.24, 2.45) is 17.6 Å². The molecular formula is C20H32ClN3O2. The SMILES string of the molecule is Cc1ccc(C(=O)N2CCCC(C(=O)NC(CN)CC(C)C)C2)cc1.Cl. The molecule has 0 aliphatic carbocycles. The van der Waals surface area contributed by atoms with E-state index in [0.717, 1.165) is 24.8 Å². The van der Waals surface area contributed by atoms with Crippen LogP contribution in [0.2, 0.25) is 0 Å². The quantitative estimate of drug-likeness (QED) is 0.795. The predicted molar refractivity (Wildman–Crippen MR) is 107 cm³/mol. The fourth-order valence-corrected chi connectivity index (χ4v) is 3.36. The van der Waals surface area contributed by atoms with Gasteiger partial charge in [-0.2, -0.15) is 0 Å². The number of nitrogens with one attached hydrogen (secondary N) is 1. The molecule has 2 unspecified atom stereocenters. The molecule has 0 aromatic heterocycles. The fourth-order valence-electron chi connectivity index (χ4n) is 3.36. The van der Waals surface area contributed by atoms with Gasteiger partial charge >= 0.3 is 0 Å². The van der Waals surface area contributed by atoms with Gasteiger partial charge in [-0.15, -0.1) is 12.4 Å². The van der Waals surface area contributed by atoms with Crippen molar-refractivity contribution >= 4 is 24.2 Å². The smallest absolute Gasteiger partial charge is 0.253 e. The van der Waals surface area contributed by atoms with Gasteiger partial charge in [0.15, 0.2) is 0 Å². The average Bonchev–Trinajstić information content (AvgIpc) is 2.60. The summed E-state index contributed by atoms with van der Waals surface area (Å²) in [6.45, 7) is 7.89. The average molecular weight is 382 g/mol. The van der Waals surface area contributed by atoms with Gasteiger partial charge in [0.1, 0.15) is 0 Å². The highest BCUT2D eigenvalue weighted by molar-refractivity contribution is 5.94. The van der Waals surface area contributed by atoms with E-state index in [4.69, 9.17) is 5.73 Å². The summed E-state index contributed by atoms with van der Waals surface area (Å²) in [5.41, 5.74) is 7.60. The van der Waals surface area contributed by atoms with E-state index in [-0.39, 0.29) is 36.2 Å². The number of carbonyl (C=O) groups is 2. The second-order valence-corrected chi connectivity index (χ2v) is 7.53. The Morgan fingerprint density at radius 1 is 1.27 bits per heavy atom. The van der Waals surface area contributed by atoms with Gasteiger partial charge in [-0.1, -0.05) is 31.5 Å². The third-order valence-electron chi connectivity index (χ3n) is 4.76. The zero-order valence-corrected chi connectivity index (χ0v) is 16.8. The Balaban J connectivity index is 0.00000338. The van der Waals surface area contributed by atoms with Crippen LogP contribution in [0.15, 0.2) is 24.3 Å². The molecule has 0 saturated carbocycles. The monoisotopic (exact) mass is 381 g/mol. The van der Waals surface area contributed by atoms with E-state index in [1.54, 1.807) is 4.90 Å². The second kappa shape index (κ2) is 10.5. The molecule has 6 heteroatoms. The maximum Gasteiger partial charge on any atom is 0.253 e. The normalized spacial score (nSPS) is 18.2. The van der Waals surface area contributed by atoms with Crippen LogP contribution >= 0.6 is 12.4 Å². The van der Waals surface area contributed by atoms with Crippen molar-refractivity contribution < 1.29 is 9.59 Å².